The minimum atomic E-state index is 0. The molecule has 28 heavy (non-hydrogen) atoms. The summed E-state index contributed by atoms with van der Waals surface area (Å²) >= 11 is 1.97. The highest BCUT2D eigenvalue weighted by molar-refractivity contribution is 7.19. The van der Waals surface area contributed by atoms with Crippen LogP contribution in [0.3, 0.4) is 0 Å². The SMILES string of the molecule is Cc1ccc(-c2c3c(nc4sc5c(c24)CCC5)CCC(C(C)(C)C)C3)cc1.Cl. The predicted molar refractivity (Wildman–Crippen MR) is 124 cm³/mol. The number of nitrogens with zero attached hydrogens (tertiary/aromatic N) is 1. The number of halogens is 1. The Hall–Kier alpha value is -1.38. The minimum Gasteiger partial charge on any atom is -0.242 e. The smallest absolute Gasteiger partial charge is 0.124 e. The highest BCUT2D eigenvalue weighted by atomic mass is 35.5. The Balaban J connectivity index is 0.00000192. The average molecular weight is 412 g/mol. The summed E-state index contributed by atoms with van der Waals surface area (Å²) in [4.78, 5) is 8.11. The van der Waals surface area contributed by atoms with Gasteiger partial charge in [-0.2, -0.15) is 0 Å². The summed E-state index contributed by atoms with van der Waals surface area (Å²) < 4.78 is 0. The van der Waals surface area contributed by atoms with Crippen LogP contribution in [0.1, 0.15) is 60.9 Å². The zero-order valence-corrected chi connectivity index (χ0v) is 19.0. The van der Waals surface area contributed by atoms with Gasteiger partial charge in [-0.15, -0.1) is 23.7 Å². The molecule has 1 nitrogen and oxygen atoms in total. The molecule has 2 heterocycles. The largest absolute Gasteiger partial charge is 0.242 e. The van der Waals surface area contributed by atoms with E-state index in [1.54, 1.807) is 16.0 Å². The Labute approximate surface area is 179 Å². The zero-order chi connectivity index (χ0) is 18.8. The molecular weight excluding hydrogens is 382 g/mol. The standard InChI is InChI=1S/C25H29NS.ClH/c1-15-8-10-16(11-9-15)22-19-14-17(25(2,3)4)12-13-20(19)26-24-23(22)18-6-5-7-21(18)27-24;/h8-11,17H,5-7,12-14H2,1-4H3;1H. The Bertz CT molecular complexity index is 1020. The Morgan fingerprint density at radius 1 is 1.00 bits per heavy atom. The van der Waals surface area contributed by atoms with Crippen LogP contribution >= 0.6 is 23.7 Å². The molecule has 0 spiro atoms. The van der Waals surface area contributed by atoms with E-state index in [9.17, 15) is 0 Å². The van der Waals surface area contributed by atoms with Crippen LogP contribution in [0.4, 0.5) is 0 Å². The van der Waals surface area contributed by atoms with E-state index in [0.29, 0.717) is 5.41 Å². The van der Waals surface area contributed by atoms with Crippen molar-refractivity contribution in [2.24, 2.45) is 11.3 Å². The van der Waals surface area contributed by atoms with Crippen LogP contribution < -0.4 is 0 Å². The van der Waals surface area contributed by atoms with Crippen molar-refractivity contribution >= 4 is 34.0 Å². The van der Waals surface area contributed by atoms with Crippen molar-refractivity contribution in [3.05, 3.63) is 51.5 Å². The number of thiophene rings is 1. The predicted octanol–water partition coefficient (Wildman–Crippen LogP) is 7.33. The zero-order valence-electron chi connectivity index (χ0n) is 17.4. The lowest BCUT2D eigenvalue weighted by molar-refractivity contribution is 0.215. The molecule has 1 atom stereocenters. The van der Waals surface area contributed by atoms with Gasteiger partial charge >= 0.3 is 0 Å². The van der Waals surface area contributed by atoms with E-state index >= 15 is 0 Å². The first kappa shape index (κ1) is 19.9. The van der Waals surface area contributed by atoms with Crippen LogP contribution in [0.15, 0.2) is 24.3 Å². The number of hydrogen-bond donors (Lipinski definition) is 0. The maximum atomic E-state index is 5.22. The fraction of sp³-hybridized carbons (Fsp3) is 0.480. The molecule has 0 amide bonds. The molecule has 0 aliphatic heterocycles. The molecule has 0 saturated carbocycles. The summed E-state index contributed by atoms with van der Waals surface area (Å²) in [5.41, 5.74) is 9.13. The van der Waals surface area contributed by atoms with Gasteiger partial charge in [0.05, 0.1) is 0 Å². The van der Waals surface area contributed by atoms with Crippen LogP contribution in [0.25, 0.3) is 21.3 Å². The molecule has 3 aromatic rings. The molecular formula is C25H30ClNS. The van der Waals surface area contributed by atoms with Gasteiger partial charge in [-0.05, 0) is 79.0 Å². The van der Waals surface area contributed by atoms with Gasteiger partial charge in [0.25, 0.3) is 0 Å². The normalized spacial score (nSPS) is 18.6. The molecule has 1 aromatic carbocycles. The Morgan fingerprint density at radius 3 is 2.46 bits per heavy atom. The van der Waals surface area contributed by atoms with E-state index < -0.39 is 0 Å². The van der Waals surface area contributed by atoms with E-state index in [1.165, 1.54) is 64.7 Å². The van der Waals surface area contributed by atoms with E-state index in [2.05, 4.69) is 52.0 Å². The monoisotopic (exact) mass is 411 g/mol. The topological polar surface area (TPSA) is 12.9 Å². The van der Waals surface area contributed by atoms with Crippen molar-refractivity contribution in [1.29, 1.82) is 0 Å². The third-order valence-electron chi connectivity index (χ3n) is 6.78. The fourth-order valence-electron chi connectivity index (χ4n) is 5.08. The Morgan fingerprint density at radius 2 is 1.75 bits per heavy atom. The Kier molecular flexibility index (Phi) is 5.08. The molecule has 2 aliphatic rings. The van der Waals surface area contributed by atoms with Crippen molar-refractivity contribution in [2.45, 2.75) is 66.2 Å². The van der Waals surface area contributed by atoms with Crippen molar-refractivity contribution in [1.82, 2.24) is 4.98 Å². The number of hydrogen-bond acceptors (Lipinski definition) is 2. The van der Waals surface area contributed by atoms with Crippen molar-refractivity contribution in [3.63, 3.8) is 0 Å². The van der Waals surface area contributed by atoms with E-state index in [0.717, 1.165) is 12.3 Å². The van der Waals surface area contributed by atoms with E-state index in [-0.39, 0.29) is 12.4 Å². The lowest BCUT2D eigenvalue weighted by atomic mass is 9.70. The average Bonchev–Trinajstić information content (AvgIpc) is 3.20. The number of rotatable bonds is 1. The summed E-state index contributed by atoms with van der Waals surface area (Å²) in [6, 6.07) is 9.21. The second-order valence-electron chi connectivity index (χ2n) is 9.62. The van der Waals surface area contributed by atoms with Gasteiger partial charge in [-0.25, -0.2) is 4.98 Å². The number of pyridine rings is 1. The molecule has 2 aromatic heterocycles. The van der Waals surface area contributed by atoms with Gasteiger partial charge in [0, 0.05) is 16.0 Å². The van der Waals surface area contributed by atoms with Gasteiger partial charge in [-0.3, -0.25) is 0 Å². The van der Waals surface area contributed by atoms with Crippen LogP contribution in [0.5, 0.6) is 0 Å². The number of benzene rings is 1. The highest BCUT2D eigenvalue weighted by Gasteiger charge is 2.33. The molecule has 0 radical (unpaired) electrons. The molecule has 0 fully saturated rings. The number of fused-ring (bicyclic) bond motifs is 4. The number of aryl methyl sites for hydroxylation is 4. The van der Waals surface area contributed by atoms with Gasteiger partial charge in [-0.1, -0.05) is 50.6 Å². The van der Waals surface area contributed by atoms with Crippen LogP contribution in [-0.4, -0.2) is 4.98 Å². The summed E-state index contributed by atoms with van der Waals surface area (Å²) in [6.07, 6.45) is 7.38. The summed E-state index contributed by atoms with van der Waals surface area (Å²) in [5, 5.41) is 1.49. The second kappa shape index (κ2) is 7.15. The molecule has 3 heteroatoms. The molecule has 0 N–H and O–H groups in total. The quantitative estimate of drug-likeness (QED) is 0.408. The summed E-state index contributed by atoms with van der Waals surface area (Å²) in [5.74, 6) is 0.736. The van der Waals surface area contributed by atoms with Gasteiger partial charge in [0.15, 0.2) is 0 Å². The third kappa shape index (κ3) is 3.19. The van der Waals surface area contributed by atoms with Crippen molar-refractivity contribution in [2.75, 3.05) is 0 Å². The summed E-state index contributed by atoms with van der Waals surface area (Å²) in [6.45, 7) is 9.40. The van der Waals surface area contributed by atoms with Crippen molar-refractivity contribution in [3.8, 4) is 11.1 Å². The highest BCUT2D eigenvalue weighted by Crippen LogP contribution is 2.47. The van der Waals surface area contributed by atoms with E-state index in [1.807, 2.05) is 11.3 Å². The maximum Gasteiger partial charge on any atom is 0.124 e. The third-order valence-corrected chi connectivity index (χ3v) is 7.97. The minimum absolute atomic E-state index is 0. The fourth-order valence-corrected chi connectivity index (χ4v) is 6.37. The first-order valence-corrected chi connectivity index (χ1v) is 11.3. The van der Waals surface area contributed by atoms with Gasteiger partial charge < -0.3 is 0 Å². The molecule has 2 aliphatic carbocycles. The first-order valence-electron chi connectivity index (χ1n) is 10.4. The lowest BCUT2D eigenvalue weighted by Gasteiger charge is -2.35. The first-order chi connectivity index (χ1) is 12.9. The molecule has 1 unspecified atom stereocenters. The van der Waals surface area contributed by atoms with Crippen LogP contribution in [-0.2, 0) is 25.7 Å². The number of aromatic nitrogens is 1. The second-order valence-corrected chi connectivity index (χ2v) is 10.7. The van der Waals surface area contributed by atoms with Gasteiger partial charge in [0.1, 0.15) is 4.83 Å². The molecule has 5 rings (SSSR count). The van der Waals surface area contributed by atoms with Crippen LogP contribution in [0.2, 0.25) is 0 Å². The maximum absolute atomic E-state index is 5.22. The molecule has 0 saturated heterocycles. The summed E-state index contributed by atoms with van der Waals surface area (Å²) in [7, 11) is 0. The molecule has 0 bridgehead atoms. The van der Waals surface area contributed by atoms with Crippen LogP contribution in [0, 0.1) is 18.3 Å². The van der Waals surface area contributed by atoms with Gasteiger partial charge in [0.2, 0.25) is 0 Å². The van der Waals surface area contributed by atoms with Crippen molar-refractivity contribution < 1.29 is 0 Å². The molecule has 148 valence electrons. The lowest BCUT2D eigenvalue weighted by Crippen LogP contribution is -2.27. The van der Waals surface area contributed by atoms with E-state index in [4.69, 9.17) is 4.98 Å².